The lowest BCUT2D eigenvalue weighted by atomic mass is 10.1. The number of hydrogen-bond donors (Lipinski definition) is 1. The van der Waals surface area contributed by atoms with E-state index in [1.807, 2.05) is 47.1 Å². The SMILES string of the molecule is Cc1c(C(=O)Nc2cccc(C(F)(F)F)c2)cc(-c2ccccc2)n1CCCN(C)C(=O)c1cnc2c(n1)C=CCC2. The fourth-order valence-electron chi connectivity index (χ4n) is 5.02. The Bertz CT molecular complexity index is 1640. The number of halogens is 3. The van der Waals surface area contributed by atoms with Gasteiger partial charge in [-0.3, -0.25) is 14.6 Å². The number of amides is 2. The largest absolute Gasteiger partial charge is 0.416 e. The number of nitrogens with one attached hydrogen (secondary N) is 1. The number of aryl methyl sites for hydroxylation is 1. The van der Waals surface area contributed by atoms with Gasteiger partial charge in [0.2, 0.25) is 0 Å². The third-order valence-corrected chi connectivity index (χ3v) is 7.27. The average molecular weight is 574 g/mol. The molecule has 1 N–H and O–H groups in total. The molecule has 0 unspecified atom stereocenters. The zero-order chi connectivity index (χ0) is 29.9. The first-order valence-corrected chi connectivity index (χ1v) is 13.6. The third kappa shape index (κ3) is 6.27. The van der Waals surface area contributed by atoms with Crippen molar-refractivity contribution in [2.75, 3.05) is 18.9 Å². The molecule has 2 amide bonds. The van der Waals surface area contributed by atoms with Gasteiger partial charge in [-0.2, -0.15) is 13.2 Å². The Morgan fingerprint density at radius 3 is 2.62 bits per heavy atom. The zero-order valence-corrected chi connectivity index (χ0v) is 23.3. The smallest absolute Gasteiger partial charge is 0.344 e. The normalized spacial score (nSPS) is 12.6. The summed E-state index contributed by atoms with van der Waals surface area (Å²) < 4.78 is 41.5. The van der Waals surface area contributed by atoms with E-state index >= 15 is 0 Å². The number of benzene rings is 2. The maximum atomic E-state index is 13.2. The molecule has 1 aliphatic carbocycles. The number of anilines is 1. The van der Waals surface area contributed by atoms with Crippen molar-refractivity contribution in [3.8, 4) is 11.3 Å². The summed E-state index contributed by atoms with van der Waals surface area (Å²) in [6, 6.07) is 15.8. The number of fused-ring (bicyclic) bond motifs is 1. The summed E-state index contributed by atoms with van der Waals surface area (Å²) in [7, 11) is 1.72. The van der Waals surface area contributed by atoms with Crippen LogP contribution in [0, 0.1) is 6.92 Å². The Morgan fingerprint density at radius 1 is 1.07 bits per heavy atom. The fourth-order valence-corrected chi connectivity index (χ4v) is 5.02. The third-order valence-electron chi connectivity index (χ3n) is 7.27. The number of carbonyl (C=O) groups excluding carboxylic acids is 2. The molecule has 0 atom stereocenters. The second kappa shape index (κ2) is 12.0. The summed E-state index contributed by atoms with van der Waals surface area (Å²) in [6.45, 7) is 2.74. The van der Waals surface area contributed by atoms with E-state index in [-0.39, 0.29) is 11.6 Å². The first-order chi connectivity index (χ1) is 20.1. The second-order valence-corrected chi connectivity index (χ2v) is 10.2. The van der Waals surface area contributed by atoms with Crippen LogP contribution >= 0.6 is 0 Å². The molecular formula is C32H30F3N5O2. The summed E-state index contributed by atoms with van der Waals surface area (Å²) in [5.41, 5.74) is 3.84. The first kappa shape index (κ1) is 28.8. The molecular weight excluding hydrogens is 543 g/mol. The van der Waals surface area contributed by atoms with Crippen molar-refractivity contribution in [1.29, 1.82) is 0 Å². The predicted molar refractivity (Wildman–Crippen MR) is 155 cm³/mol. The number of hydrogen-bond acceptors (Lipinski definition) is 4. The summed E-state index contributed by atoms with van der Waals surface area (Å²) in [4.78, 5) is 36.8. The molecule has 1 aliphatic rings. The number of allylic oxidation sites excluding steroid dienone is 1. The van der Waals surface area contributed by atoms with E-state index in [1.54, 1.807) is 24.9 Å². The van der Waals surface area contributed by atoms with Gasteiger partial charge >= 0.3 is 6.18 Å². The van der Waals surface area contributed by atoms with E-state index in [2.05, 4.69) is 15.3 Å². The Morgan fingerprint density at radius 2 is 1.86 bits per heavy atom. The van der Waals surface area contributed by atoms with Crippen LogP contribution < -0.4 is 5.32 Å². The molecule has 7 nitrogen and oxygen atoms in total. The van der Waals surface area contributed by atoms with Crippen LogP contribution in [0.3, 0.4) is 0 Å². The molecule has 0 saturated carbocycles. The molecule has 0 aliphatic heterocycles. The van der Waals surface area contributed by atoms with Crippen molar-refractivity contribution in [2.45, 2.75) is 38.9 Å². The van der Waals surface area contributed by atoms with Gasteiger partial charge in [-0.05, 0) is 62.1 Å². The number of rotatable bonds is 8. The molecule has 2 heterocycles. The summed E-state index contributed by atoms with van der Waals surface area (Å²) >= 11 is 0. The van der Waals surface area contributed by atoms with Crippen LogP contribution in [0.4, 0.5) is 18.9 Å². The molecule has 10 heteroatoms. The molecule has 0 radical (unpaired) electrons. The zero-order valence-electron chi connectivity index (χ0n) is 23.3. The van der Waals surface area contributed by atoms with Gasteiger partial charge in [-0.1, -0.05) is 42.5 Å². The van der Waals surface area contributed by atoms with E-state index in [0.717, 1.165) is 47.6 Å². The van der Waals surface area contributed by atoms with E-state index in [4.69, 9.17) is 0 Å². The minimum absolute atomic E-state index is 0.0594. The summed E-state index contributed by atoms with van der Waals surface area (Å²) in [5.74, 6) is -0.729. The standard InChI is InChI=1S/C32H30F3N5O2/c1-21-25(30(41)37-24-13-8-12-23(18-24)32(33,34)35)19-29(22-10-4-3-5-11-22)40(21)17-9-16-39(2)31(42)28-20-36-26-14-6-7-15-27(26)38-28/h3-5,7-8,10-13,15,18-20H,6,9,14,16-17H2,1-2H3,(H,37,41). The van der Waals surface area contributed by atoms with E-state index in [0.29, 0.717) is 36.5 Å². The highest BCUT2D eigenvalue weighted by molar-refractivity contribution is 6.06. The minimum Gasteiger partial charge on any atom is -0.344 e. The predicted octanol–water partition coefficient (Wildman–Crippen LogP) is 6.65. The molecule has 0 saturated heterocycles. The quantitative estimate of drug-likeness (QED) is 0.256. The number of carbonyl (C=O) groups is 2. The monoisotopic (exact) mass is 573 g/mol. The summed E-state index contributed by atoms with van der Waals surface area (Å²) in [6.07, 6.45) is 3.23. The fraction of sp³-hybridized carbons (Fsp3) is 0.250. The van der Waals surface area contributed by atoms with Gasteiger partial charge in [0.25, 0.3) is 11.8 Å². The van der Waals surface area contributed by atoms with Gasteiger partial charge in [0.15, 0.2) is 0 Å². The lowest BCUT2D eigenvalue weighted by molar-refractivity contribution is -0.137. The maximum absolute atomic E-state index is 13.2. The lowest BCUT2D eigenvalue weighted by Crippen LogP contribution is -2.29. The highest BCUT2D eigenvalue weighted by Crippen LogP contribution is 2.31. The Hall–Kier alpha value is -4.73. The Kier molecular flexibility index (Phi) is 8.24. The molecule has 2 aromatic carbocycles. The van der Waals surface area contributed by atoms with E-state index in [1.165, 1.54) is 18.3 Å². The van der Waals surface area contributed by atoms with Crippen LogP contribution in [0.2, 0.25) is 0 Å². The minimum atomic E-state index is -4.52. The van der Waals surface area contributed by atoms with Crippen LogP contribution in [0.1, 0.15) is 56.3 Å². The van der Waals surface area contributed by atoms with Gasteiger partial charge in [0, 0.05) is 37.2 Å². The molecule has 216 valence electrons. The van der Waals surface area contributed by atoms with E-state index in [9.17, 15) is 22.8 Å². The van der Waals surface area contributed by atoms with Gasteiger partial charge in [-0.25, -0.2) is 4.98 Å². The molecule has 2 aromatic heterocycles. The molecule has 0 spiro atoms. The van der Waals surface area contributed by atoms with Crippen molar-refractivity contribution in [1.82, 2.24) is 19.4 Å². The van der Waals surface area contributed by atoms with Crippen molar-refractivity contribution < 1.29 is 22.8 Å². The van der Waals surface area contributed by atoms with Crippen molar-refractivity contribution in [2.24, 2.45) is 0 Å². The van der Waals surface area contributed by atoms with Gasteiger partial charge in [-0.15, -0.1) is 0 Å². The van der Waals surface area contributed by atoms with Crippen molar-refractivity contribution >= 4 is 23.6 Å². The van der Waals surface area contributed by atoms with Crippen LogP contribution in [0.25, 0.3) is 17.3 Å². The van der Waals surface area contributed by atoms with Crippen LogP contribution in [0.15, 0.2) is 72.9 Å². The number of aromatic nitrogens is 3. The maximum Gasteiger partial charge on any atom is 0.416 e. The summed E-state index contributed by atoms with van der Waals surface area (Å²) in [5, 5.41) is 2.61. The van der Waals surface area contributed by atoms with Crippen molar-refractivity contribution in [3.63, 3.8) is 0 Å². The van der Waals surface area contributed by atoms with Crippen LogP contribution in [-0.4, -0.2) is 44.8 Å². The van der Waals surface area contributed by atoms with Crippen LogP contribution in [0.5, 0.6) is 0 Å². The molecule has 42 heavy (non-hydrogen) atoms. The Labute approximate surface area is 241 Å². The molecule has 0 fully saturated rings. The lowest BCUT2D eigenvalue weighted by Gasteiger charge is -2.19. The van der Waals surface area contributed by atoms with Crippen molar-refractivity contribution in [3.05, 3.63) is 107 Å². The second-order valence-electron chi connectivity index (χ2n) is 10.2. The van der Waals surface area contributed by atoms with Gasteiger partial charge < -0.3 is 14.8 Å². The van der Waals surface area contributed by atoms with Gasteiger partial charge in [0.1, 0.15) is 5.69 Å². The molecule has 0 bridgehead atoms. The van der Waals surface area contributed by atoms with Crippen LogP contribution in [-0.2, 0) is 19.1 Å². The van der Waals surface area contributed by atoms with Gasteiger partial charge in [0.05, 0.1) is 28.7 Å². The molecule has 5 rings (SSSR count). The molecule has 4 aromatic rings. The highest BCUT2D eigenvalue weighted by Gasteiger charge is 2.30. The average Bonchev–Trinajstić information content (AvgIpc) is 3.32. The topological polar surface area (TPSA) is 80.1 Å². The number of nitrogens with zero attached hydrogens (tertiary/aromatic N) is 4. The highest BCUT2D eigenvalue weighted by atomic mass is 19.4. The first-order valence-electron chi connectivity index (χ1n) is 13.6. The Balaban J connectivity index is 1.33. The number of alkyl halides is 3. The van der Waals surface area contributed by atoms with E-state index < -0.39 is 17.6 Å².